The molecule has 0 saturated carbocycles. The first-order valence-corrected chi connectivity index (χ1v) is 6.85. The van der Waals surface area contributed by atoms with Crippen molar-refractivity contribution in [3.05, 3.63) is 35.7 Å². The van der Waals surface area contributed by atoms with Crippen LogP contribution in [0.25, 0.3) is 11.4 Å². The van der Waals surface area contributed by atoms with Crippen molar-refractivity contribution >= 4 is 5.91 Å². The van der Waals surface area contributed by atoms with E-state index in [0.29, 0.717) is 19.0 Å². The number of carbonyl (C=O) groups is 1. The molecular formula is C14H13F3N4O2. The highest BCUT2D eigenvalue weighted by Crippen LogP contribution is 2.32. The minimum absolute atomic E-state index is 0.0404. The molecule has 0 aliphatic carbocycles. The topological polar surface area (TPSA) is 85.3 Å². The molecule has 23 heavy (non-hydrogen) atoms. The number of likely N-dealkylation sites (tertiary alicyclic amines) is 1. The largest absolute Gasteiger partial charge is 0.416 e. The number of nitrogens with zero attached hydrogens (tertiary/aromatic N) is 3. The molecule has 0 bridgehead atoms. The van der Waals surface area contributed by atoms with Gasteiger partial charge in [0.05, 0.1) is 18.0 Å². The van der Waals surface area contributed by atoms with E-state index in [2.05, 4.69) is 10.1 Å². The fraction of sp³-hybridized carbons (Fsp3) is 0.357. The first kappa shape index (κ1) is 15.5. The van der Waals surface area contributed by atoms with Gasteiger partial charge in [-0.2, -0.15) is 18.2 Å². The van der Waals surface area contributed by atoms with Gasteiger partial charge in [0.2, 0.25) is 17.6 Å². The summed E-state index contributed by atoms with van der Waals surface area (Å²) in [6.07, 6.45) is -4.42. The fourth-order valence-corrected chi connectivity index (χ4v) is 2.43. The quantitative estimate of drug-likeness (QED) is 0.923. The molecule has 0 unspecified atom stereocenters. The molecule has 6 nitrogen and oxygen atoms in total. The molecule has 0 radical (unpaired) electrons. The van der Waals surface area contributed by atoms with E-state index in [1.807, 2.05) is 4.90 Å². The van der Waals surface area contributed by atoms with Crippen LogP contribution in [0, 0.1) is 0 Å². The lowest BCUT2D eigenvalue weighted by Gasteiger charge is -2.35. The van der Waals surface area contributed by atoms with Crippen molar-refractivity contribution in [2.45, 2.75) is 12.1 Å². The summed E-state index contributed by atoms with van der Waals surface area (Å²) < 4.78 is 43.3. The molecule has 2 aromatic rings. The van der Waals surface area contributed by atoms with Crippen LogP contribution in [0.15, 0.2) is 28.8 Å². The normalized spacial score (nSPS) is 16.3. The molecular weight excluding hydrogens is 313 g/mol. The zero-order valence-electron chi connectivity index (χ0n) is 11.9. The first-order valence-electron chi connectivity index (χ1n) is 6.85. The van der Waals surface area contributed by atoms with Crippen molar-refractivity contribution in [2.75, 3.05) is 19.6 Å². The monoisotopic (exact) mass is 326 g/mol. The summed E-state index contributed by atoms with van der Waals surface area (Å²) in [5.41, 5.74) is 4.57. The Morgan fingerprint density at radius 3 is 2.78 bits per heavy atom. The molecule has 1 aromatic carbocycles. The lowest BCUT2D eigenvalue weighted by Crippen LogP contribution is -2.48. The molecule has 2 heterocycles. The molecule has 0 atom stereocenters. The maximum Gasteiger partial charge on any atom is 0.416 e. The molecule has 122 valence electrons. The highest BCUT2D eigenvalue weighted by Gasteiger charge is 2.34. The molecule has 3 rings (SSSR count). The van der Waals surface area contributed by atoms with E-state index < -0.39 is 17.6 Å². The summed E-state index contributed by atoms with van der Waals surface area (Å²) >= 11 is 0. The van der Waals surface area contributed by atoms with Crippen LogP contribution in [-0.2, 0) is 11.0 Å². The molecule has 2 N–H and O–H groups in total. The average Bonchev–Trinajstić information content (AvgIpc) is 2.90. The van der Waals surface area contributed by atoms with Crippen LogP contribution in [0.1, 0.15) is 17.4 Å². The van der Waals surface area contributed by atoms with Crippen molar-refractivity contribution in [3.63, 3.8) is 0 Å². The standard InChI is InChI=1S/C14H13F3N4O2/c15-14(16,17)10-3-1-2-8(4-10)12-19-13(23-20-12)9-5-21(6-9)7-11(18)22/h1-4,9H,5-7H2,(H2,18,22). The highest BCUT2D eigenvalue weighted by molar-refractivity contribution is 5.76. The van der Waals surface area contributed by atoms with Crippen LogP contribution in [0.3, 0.4) is 0 Å². The van der Waals surface area contributed by atoms with Gasteiger partial charge in [0, 0.05) is 18.7 Å². The van der Waals surface area contributed by atoms with E-state index in [-0.39, 0.29) is 23.9 Å². The average molecular weight is 326 g/mol. The lowest BCUT2D eigenvalue weighted by atomic mass is 10.0. The number of amides is 1. The van der Waals surface area contributed by atoms with Crippen molar-refractivity contribution in [1.29, 1.82) is 0 Å². The third-order valence-corrected chi connectivity index (χ3v) is 3.58. The smallest absolute Gasteiger partial charge is 0.369 e. The molecule has 1 saturated heterocycles. The Kier molecular flexibility index (Phi) is 3.80. The number of carbonyl (C=O) groups excluding carboxylic acids is 1. The second-order valence-electron chi connectivity index (χ2n) is 5.39. The SMILES string of the molecule is NC(=O)CN1CC(c2nc(-c3cccc(C(F)(F)F)c3)no2)C1. The summed E-state index contributed by atoms with van der Waals surface area (Å²) in [5, 5.41) is 3.73. The number of hydrogen-bond donors (Lipinski definition) is 1. The predicted molar refractivity (Wildman–Crippen MR) is 73.1 cm³/mol. The summed E-state index contributed by atoms with van der Waals surface area (Å²) in [4.78, 5) is 16.8. The second-order valence-corrected chi connectivity index (χ2v) is 5.39. The number of primary amides is 1. The molecule has 1 aliphatic heterocycles. The van der Waals surface area contributed by atoms with E-state index >= 15 is 0 Å². The van der Waals surface area contributed by atoms with Crippen LogP contribution in [0.5, 0.6) is 0 Å². The van der Waals surface area contributed by atoms with Gasteiger partial charge in [-0.1, -0.05) is 17.3 Å². The van der Waals surface area contributed by atoms with Crippen molar-refractivity contribution in [3.8, 4) is 11.4 Å². The van der Waals surface area contributed by atoms with Gasteiger partial charge in [-0.05, 0) is 12.1 Å². The molecule has 1 aliphatic rings. The minimum Gasteiger partial charge on any atom is -0.369 e. The second kappa shape index (κ2) is 5.65. The number of hydrogen-bond acceptors (Lipinski definition) is 5. The van der Waals surface area contributed by atoms with Gasteiger partial charge in [-0.15, -0.1) is 0 Å². The molecule has 0 spiro atoms. The molecule has 9 heteroatoms. The number of halogens is 3. The summed E-state index contributed by atoms with van der Waals surface area (Å²) in [7, 11) is 0. The van der Waals surface area contributed by atoms with Gasteiger partial charge in [0.15, 0.2) is 0 Å². The third-order valence-electron chi connectivity index (χ3n) is 3.58. The zero-order chi connectivity index (χ0) is 16.6. The van der Waals surface area contributed by atoms with Crippen LogP contribution >= 0.6 is 0 Å². The van der Waals surface area contributed by atoms with Crippen LogP contribution in [-0.4, -0.2) is 40.6 Å². The first-order chi connectivity index (χ1) is 10.8. The van der Waals surface area contributed by atoms with Gasteiger partial charge in [-0.3, -0.25) is 9.69 Å². The van der Waals surface area contributed by atoms with Gasteiger partial charge in [0.1, 0.15) is 0 Å². The zero-order valence-corrected chi connectivity index (χ0v) is 11.9. The number of aromatic nitrogens is 2. The lowest BCUT2D eigenvalue weighted by molar-refractivity contribution is -0.137. The van der Waals surface area contributed by atoms with E-state index in [1.165, 1.54) is 12.1 Å². The minimum atomic E-state index is -4.42. The summed E-state index contributed by atoms with van der Waals surface area (Å²) in [6.45, 7) is 1.26. The maximum absolute atomic E-state index is 12.7. The van der Waals surface area contributed by atoms with Crippen molar-refractivity contribution in [1.82, 2.24) is 15.0 Å². The van der Waals surface area contributed by atoms with E-state index in [1.54, 1.807) is 0 Å². The Balaban J connectivity index is 1.72. The molecule has 1 aromatic heterocycles. The number of benzene rings is 1. The predicted octanol–water partition coefficient (Wildman–Crippen LogP) is 1.64. The van der Waals surface area contributed by atoms with Gasteiger partial charge < -0.3 is 10.3 Å². The number of alkyl halides is 3. The van der Waals surface area contributed by atoms with Gasteiger partial charge in [0.25, 0.3) is 0 Å². The summed E-state index contributed by atoms with van der Waals surface area (Å²) in [6, 6.07) is 4.75. The Hall–Kier alpha value is -2.42. The van der Waals surface area contributed by atoms with Crippen molar-refractivity contribution < 1.29 is 22.5 Å². The highest BCUT2D eigenvalue weighted by atomic mass is 19.4. The number of rotatable bonds is 4. The van der Waals surface area contributed by atoms with Gasteiger partial charge in [-0.25, -0.2) is 0 Å². The van der Waals surface area contributed by atoms with Gasteiger partial charge >= 0.3 is 6.18 Å². The van der Waals surface area contributed by atoms with Crippen molar-refractivity contribution in [2.24, 2.45) is 5.73 Å². The van der Waals surface area contributed by atoms with Crippen LogP contribution in [0.4, 0.5) is 13.2 Å². The Morgan fingerprint density at radius 2 is 2.13 bits per heavy atom. The molecule has 1 amide bonds. The fourth-order valence-electron chi connectivity index (χ4n) is 2.43. The molecule has 1 fully saturated rings. The Morgan fingerprint density at radius 1 is 1.39 bits per heavy atom. The Labute approximate surface area is 129 Å². The summed E-state index contributed by atoms with van der Waals surface area (Å²) in [5.74, 6) is -0.00221. The van der Waals surface area contributed by atoms with E-state index in [0.717, 1.165) is 12.1 Å². The van der Waals surface area contributed by atoms with E-state index in [4.69, 9.17) is 10.3 Å². The van der Waals surface area contributed by atoms with Crippen LogP contribution in [0.2, 0.25) is 0 Å². The Bertz CT molecular complexity index is 723. The third kappa shape index (κ3) is 3.34. The van der Waals surface area contributed by atoms with E-state index in [9.17, 15) is 18.0 Å². The van der Waals surface area contributed by atoms with Crippen LogP contribution < -0.4 is 5.73 Å². The maximum atomic E-state index is 12.7. The number of nitrogens with two attached hydrogens (primary N) is 1.